The maximum Gasteiger partial charge on any atom is 0.360 e. The molecule has 2 N–H and O–H groups in total. The minimum Gasteiger partial charge on any atom is -0.476 e. The third kappa shape index (κ3) is 2.52. The third-order valence-electron chi connectivity index (χ3n) is 3.26. The zero-order valence-corrected chi connectivity index (χ0v) is 11.8. The van der Waals surface area contributed by atoms with E-state index in [1.807, 2.05) is 0 Å². The molecule has 0 bridgehead atoms. The number of nitrogens with zero attached hydrogens (tertiary/aromatic N) is 3. The van der Waals surface area contributed by atoms with E-state index in [0.717, 1.165) is 6.07 Å². The molecule has 10 heteroatoms. The number of nitro groups is 1. The predicted molar refractivity (Wildman–Crippen MR) is 81.6 cm³/mol. The van der Waals surface area contributed by atoms with Gasteiger partial charge in [0.05, 0.1) is 16.0 Å². The second-order valence-corrected chi connectivity index (χ2v) is 4.78. The normalized spacial score (nSPS) is 10.7. The zero-order chi connectivity index (χ0) is 17.4. The SMILES string of the molecule is O=C(O)c1nc2cc(-n3ccc(=O)cc3)c([N+](=O)[O-])cc2[nH]c1=O. The highest BCUT2D eigenvalue weighted by Gasteiger charge is 2.19. The summed E-state index contributed by atoms with van der Waals surface area (Å²) in [5.41, 5.74) is -2.13. The Labute approximate surface area is 131 Å². The zero-order valence-electron chi connectivity index (χ0n) is 11.8. The maximum atomic E-state index is 11.6. The van der Waals surface area contributed by atoms with Crippen LogP contribution in [0.2, 0.25) is 0 Å². The van der Waals surface area contributed by atoms with Crippen LogP contribution in [0.4, 0.5) is 5.69 Å². The van der Waals surface area contributed by atoms with Crippen molar-refractivity contribution in [3.8, 4) is 5.69 Å². The van der Waals surface area contributed by atoms with Crippen molar-refractivity contribution in [2.75, 3.05) is 0 Å². The van der Waals surface area contributed by atoms with Gasteiger partial charge in [-0.15, -0.1) is 0 Å². The Hall–Kier alpha value is -3.82. The molecule has 120 valence electrons. The summed E-state index contributed by atoms with van der Waals surface area (Å²) >= 11 is 0. The molecule has 0 unspecified atom stereocenters. The number of nitrogens with one attached hydrogen (secondary N) is 1. The molecule has 0 spiro atoms. The number of carboxylic acid groups (broad SMARTS) is 1. The summed E-state index contributed by atoms with van der Waals surface area (Å²) in [7, 11) is 0. The van der Waals surface area contributed by atoms with Gasteiger partial charge in [-0.25, -0.2) is 9.78 Å². The van der Waals surface area contributed by atoms with E-state index in [-0.39, 0.29) is 27.8 Å². The second kappa shape index (κ2) is 5.43. The highest BCUT2D eigenvalue weighted by molar-refractivity contribution is 5.89. The van der Waals surface area contributed by atoms with Crippen LogP contribution in [0, 0.1) is 10.1 Å². The number of nitro benzene ring substituents is 1. The summed E-state index contributed by atoms with van der Waals surface area (Å²) in [4.78, 5) is 50.4. The van der Waals surface area contributed by atoms with Crippen molar-refractivity contribution in [3.05, 3.63) is 73.0 Å². The first-order valence-electron chi connectivity index (χ1n) is 6.51. The Morgan fingerprint density at radius 1 is 1.25 bits per heavy atom. The van der Waals surface area contributed by atoms with Gasteiger partial charge in [-0.05, 0) is 6.07 Å². The topological polar surface area (TPSA) is 148 Å². The van der Waals surface area contributed by atoms with E-state index < -0.39 is 22.1 Å². The van der Waals surface area contributed by atoms with E-state index in [1.54, 1.807) is 0 Å². The van der Waals surface area contributed by atoms with Crippen molar-refractivity contribution in [3.63, 3.8) is 0 Å². The van der Waals surface area contributed by atoms with Crippen LogP contribution in [0.25, 0.3) is 16.7 Å². The number of aromatic amines is 1. The average Bonchev–Trinajstić information content (AvgIpc) is 2.53. The molecule has 2 aromatic heterocycles. The standard InChI is InChI=1S/C14H8N4O6/c19-7-1-3-17(4-2-7)10-5-8-9(6-11(10)18(23)24)16-13(20)12(15-8)14(21)22/h1-6H,(H,16,20)(H,21,22). The van der Waals surface area contributed by atoms with Crippen molar-refractivity contribution in [2.45, 2.75) is 0 Å². The number of carbonyl (C=O) groups is 1. The molecule has 24 heavy (non-hydrogen) atoms. The van der Waals surface area contributed by atoms with Gasteiger partial charge < -0.3 is 14.7 Å². The van der Waals surface area contributed by atoms with Gasteiger partial charge in [0.2, 0.25) is 5.69 Å². The Morgan fingerprint density at radius 2 is 1.92 bits per heavy atom. The van der Waals surface area contributed by atoms with E-state index in [2.05, 4.69) is 9.97 Å². The fourth-order valence-corrected chi connectivity index (χ4v) is 2.18. The van der Waals surface area contributed by atoms with Gasteiger partial charge >= 0.3 is 5.97 Å². The van der Waals surface area contributed by atoms with E-state index >= 15 is 0 Å². The maximum absolute atomic E-state index is 11.6. The number of aromatic carboxylic acids is 1. The number of H-pyrrole nitrogens is 1. The van der Waals surface area contributed by atoms with Crippen LogP contribution in [-0.2, 0) is 0 Å². The highest BCUT2D eigenvalue weighted by atomic mass is 16.6. The van der Waals surface area contributed by atoms with E-state index in [4.69, 9.17) is 5.11 Å². The molecule has 3 aromatic rings. The van der Waals surface area contributed by atoms with Crippen molar-refractivity contribution >= 4 is 22.7 Å². The first-order chi connectivity index (χ1) is 11.4. The van der Waals surface area contributed by atoms with Gasteiger partial charge in [-0.1, -0.05) is 0 Å². The summed E-state index contributed by atoms with van der Waals surface area (Å²) in [6.45, 7) is 0. The Balaban J connectivity index is 2.36. The van der Waals surface area contributed by atoms with Crippen LogP contribution < -0.4 is 11.0 Å². The van der Waals surface area contributed by atoms with E-state index in [1.165, 1.54) is 35.2 Å². The summed E-state index contributed by atoms with van der Waals surface area (Å²) in [5.74, 6) is -1.51. The lowest BCUT2D eigenvalue weighted by Crippen LogP contribution is -2.20. The molecule has 0 radical (unpaired) electrons. The van der Waals surface area contributed by atoms with Gasteiger partial charge in [0.1, 0.15) is 5.69 Å². The number of rotatable bonds is 3. The predicted octanol–water partition coefficient (Wildman–Crippen LogP) is 0.680. The lowest BCUT2D eigenvalue weighted by Gasteiger charge is -2.08. The van der Waals surface area contributed by atoms with Crippen LogP contribution >= 0.6 is 0 Å². The molecule has 0 atom stereocenters. The Bertz CT molecular complexity index is 1090. The van der Waals surface area contributed by atoms with Gasteiger partial charge in [0.15, 0.2) is 5.43 Å². The molecule has 0 saturated heterocycles. The van der Waals surface area contributed by atoms with Crippen molar-refractivity contribution in [2.24, 2.45) is 0 Å². The van der Waals surface area contributed by atoms with Crippen molar-refractivity contribution < 1.29 is 14.8 Å². The van der Waals surface area contributed by atoms with Crippen molar-refractivity contribution in [1.82, 2.24) is 14.5 Å². The number of fused-ring (bicyclic) bond motifs is 1. The number of pyridine rings is 1. The molecular formula is C14H8N4O6. The molecule has 0 amide bonds. The van der Waals surface area contributed by atoms with E-state index in [9.17, 15) is 24.5 Å². The van der Waals surface area contributed by atoms with Crippen LogP contribution in [0.1, 0.15) is 10.5 Å². The molecule has 10 nitrogen and oxygen atoms in total. The van der Waals surface area contributed by atoms with E-state index in [0.29, 0.717) is 0 Å². The summed E-state index contributed by atoms with van der Waals surface area (Å²) < 4.78 is 1.33. The number of hydrogen-bond acceptors (Lipinski definition) is 6. The third-order valence-corrected chi connectivity index (χ3v) is 3.26. The summed E-state index contributed by atoms with van der Waals surface area (Å²) in [6.07, 6.45) is 2.67. The lowest BCUT2D eigenvalue weighted by molar-refractivity contribution is -0.384. The van der Waals surface area contributed by atoms with Crippen LogP contribution in [0.3, 0.4) is 0 Å². The Kier molecular flexibility index (Phi) is 3.41. The quantitative estimate of drug-likeness (QED) is 0.530. The van der Waals surface area contributed by atoms with Gasteiger partial charge in [0.25, 0.3) is 11.2 Å². The molecule has 3 rings (SSSR count). The molecule has 0 fully saturated rings. The molecule has 2 heterocycles. The van der Waals surface area contributed by atoms with Crippen LogP contribution in [-0.4, -0.2) is 30.5 Å². The molecule has 0 aliphatic heterocycles. The molecule has 1 aromatic carbocycles. The number of carboxylic acids is 1. The fraction of sp³-hybridized carbons (Fsp3) is 0. The number of benzene rings is 1. The lowest BCUT2D eigenvalue weighted by atomic mass is 10.2. The molecule has 0 saturated carbocycles. The number of aromatic nitrogens is 3. The van der Waals surface area contributed by atoms with Crippen molar-refractivity contribution in [1.29, 1.82) is 0 Å². The molecule has 0 aliphatic carbocycles. The molecular weight excluding hydrogens is 320 g/mol. The van der Waals surface area contributed by atoms with Gasteiger partial charge in [-0.2, -0.15) is 0 Å². The number of hydrogen-bond donors (Lipinski definition) is 2. The average molecular weight is 328 g/mol. The Morgan fingerprint density at radius 3 is 2.50 bits per heavy atom. The minimum atomic E-state index is -1.51. The molecule has 0 aliphatic rings. The monoisotopic (exact) mass is 328 g/mol. The van der Waals surface area contributed by atoms with Gasteiger partial charge in [0, 0.05) is 30.6 Å². The van der Waals surface area contributed by atoms with Crippen LogP contribution in [0.5, 0.6) is 0 Å². The van der Waals surface area contributed by atoms with Gasteiger partial charge in [-0.3, -0.25) is 19.7 Å². The smallest absolute Gasteiger partial charge is 0.360 e. The second-order valence-electron chi connectivity index (χ2n) is 4.78. The summed E-state index contributed by atoms with van der Waals surface area (Å²) in [6, 6.07) is 4.79. The highest BCUT2D eigenvalue weighted by Crippen LogP contribution is 2.26. The minimum absolute atomic E-state index is 0.0292. The first kappa shape index (κ1) is 15.1. The fourth-order valence-electron chi connectivity index (χ4n) is 2.18. The summed E-state index contributed by atoms with van der Waals surface area (Å²) in [5, 5.41) is 20.2. The largest absolute Gasteiger partial charge is 0.476 e. The van der Waals surface area contributed by atoms with Crippen LogP contribution in [0.15, 0.2) is 46.2 Å². The first-order valence-corrected chi connectivity index (χ1v) is 6.51.